The van der Waals surface area contributed by atoms with Crippen molar-refractivity contribution in [3.05, 3.63) is 28.2 Å². The maximum absolute atomic E-state index is 5.72. The maximum Gasteiger partial charge on any atom is 0.116 e. The summed E-state index contributed by atoms with van der Waals surface area (Å²) in [7, 11) is 0. The van der Waals surface area contributed by atoms with Crippen LogP contribution in [-0.2, 0) is 0 Å². The van der Waals surface area contributed by atoms with Gasteiger partial charge in [-0.25, -0.2) is 9.97 Å². The minimum atomic E-state index is 0.776. The fourth-order valence-corrected chi connectivity index (χ4v) is 1.63. The highest BCUT2D eigenvalue weighted by Crippen LogP contribution is 2.23. The number of rotatable bonds is 0. The molecule has 0 atom stereocenters. The monoisotopic (exact) mass is 271 g/mol. The van der Waals surface area contributed by atoms with Crippen LogP contribution in [0.3, 0.4) is 0 Å². The molecule has 60 valence electrons. The van der Waals surface area contributed by atoms with E-state index in [1.54, 1.807) is 6.20 Å². The molecule has 2 aromatic rings. The van der Waals surface area contributed by atoms with Crippen molar-refractivity contribution in [1.29, 1.82) is 0 Å². The Morgan fingerprint density at radius 3 is 3.00 bits per heavy atom. The van der Waals surface area contributed by atoms with E-state index >= 15 is 0 Å². The summed E-state index contributed by atoms with van der Waals surface area (Å²) < 4.78 is 1.02. The first-order valence-corrected chi connectivity index (χ1v) is 4.50. The Morgan fingerprint density at radius 1 is 1.33 bits per heavy atom. The normalized spacial score (nSPS) is 10.4. The highest BCUT2D eigenvalue weighted by molar-refractivity contribution is 14.1. The summed E-state index contributed by atoms with van der Waals surface area (Å²) in [6.07, 6.45) is 3.31. The lowest BCUT2D eigenvalue weighted by atomic mass is 10.2. The quantitative estimate of drug-likeness (QED) is 0.587. The molecule has 1 heterocycles. The van der Waals surface area contributed by atoms with Crippen LogP contribution in [0.1, 0.15) is 0 Å². The van der Waals surface area contributed by atoms with Crippen LogP contribution in [0.2, 0.25) is 0 Å². The number of halogens is 1. The van der Waals surface area contributed by atoms with Crippen molar-refractivity contribution in [2.75, 3.05) is 5.73 Å². The number of anilines is 1. The first-order valence-electron chi connectivity index (χ1n) is 3.43. The van der Waals surface area contributed by atoms with Gasteiger partial charge in [-0.15, -0.1) is 0 Å². The second-order valence-electron chi connectivity index (χ2n) is 2.42. The second-order valence-corrected chi connectivity index (χ2v) is 3.50. The number of nitrogens with zero attached hydrogens (tertiary/aromatic N) is 2. The number of hydrogen-bond acceptors (Lipinski definition) is 3. The number of benzene rings is 1. The second kappa shape index (κ2) is 2.85. The summed E-state index contributed by atoms with van der Waals surface area (Å²) in [5, 5.41) is 1.01. The van der Waals surface area contributed by atoms with Crippen LogP contribution in [0.5, 0.6) is 0 Å². The van der Waals surface area contributed by atoms with Gasteiger partial charge in [-0.1, -0.05) is 0 Å². The smallest absolute Gasteiger partial charge is 0.116 e. The van der Waals surface area contributed by atoms with Crippen LogP contribution in [-0.4, -0.2) is 9.97 Å². The molecule has 1 aromatic heterocycles. The zero-order valence-electron chi connectivity index (χ0n) is 6.16. The topological polar surface area (TPSA) is 51.8 Å². The molecule has 12 heavy (non-hydrogen) atoms. The molecule has 0 fully saturated rings. The van der Waals surface area contributed by atoms with Gasteiger partial charge in [0.1, 0.15) is 6.33 Å². The molecule has 0 spiro atoms. The summed E-state index contributed by atoms with van der Waals surface area (Å²) in [5.41, 5.74) is 7.43. The molecular weight excluding hydrogens is 265 g/mol. The van der Waals surface area contributed by atoms with E-state index in [0.29, 0.717) is 0 Å². The van der Waals surface area contributed by atoms with Gasteiger partial charge < -0.3 is 5.73 Å². The molecule has 0 saturated heterocycles. The highest BCUT2D eigenvalue weighted by Gasteiger charge is 2.01. The van der Waals surface area contributed by atoms with Crippen molar-refractivity contribution in [2.24, 2.45) is 0 Å². The van der Waals surface area contributed by atoms with E-state index in [4.69, 9.17) is 5.73 Å². The Kier molecular flexibility index (Phi) is 1.84. The largest absolute Gasteiger partial charge is 0.398 e. The lowest BCUT2D eigenvalue weighted by molar-refractivity contribution is 1.22. The average Bonchev–Trinajstić information content (AvgIpc) is 2.12. The predicted molar refractivity (Wildman–Crippen MR) is 56.7 cm³/mol. The van der Waals surface area contributed by atoms with Crippen LogP contribution in [0, 0.1) is 3.57 Å². The van der Waals surface area contributed by atoms with Gasteiger partial charge in [-0.05, 0) is 34.7 Å². The standard InChI is InChI=1S/C8H6IN3/c9-8-5-3-11-4-12-7(5)2-1-6(8)10/h1-4H,10H2. The third kappa shape index (κ3) is 1.12. The molecule has 0 radical (unpaired) electrons. The highest BCUT2D eigenvalue weighted by atomic mass is 127. The van der Waals surface area contributed by atoms with E-state index in [0.717, 1.165) is 20.2 Å². The van der Waals surface area contributed by atoms with E-state index in [2.05, 4.69) is 32.6 Å². The molecule has 0 bridgehead atoms. The van der Waals surface area contributed by atoms with E-state index < -0.39 is 0 Å². The molecule has 3 nitrogen and oxygen atoms in total. The van der Waals surface area contributed by atoms with Crippen LogP contribution in [0.4, 0.5) is 5.69 Å². The van der Waals surface area contributed by atoms with Crippen LogP contribution >= 0.6 is 22.6 Å². The predicted octanol–water partition coefficient (Wildman–Crippen LogP) is 1.82. The van der Waals surface area contributed by atoms with Crippen molar-refractivity contribution in [1.82, 2.24) is 9.97 Å². The van der Waals surface area contributed by atoms with E-state index in [9.17, 15) is 0 Å². The summed E-state index contributed by atoms with van der Waals surface area (Å²) >= 11 is 2.20. The van der Waals surface area contributed by atoms with Crippen molar-refractivity contribution < 1.29 is 0 Å². The molecule has 0 amide bonds. The first kappa shape index (κ1) is 7.72. The molecule has 2 N–H and O–H groups in total. The fraction of sp³-hybridized carbons (Fsp3) is 0. The summed E-state index contributed by atoms with van der Waals surface area (Å²) in [6.45, 7) is 0. The van der Waals surface area contributed by atoms with Gasteiger partial charge >= 0.3 is 0 Å². The summed E-state index contributed by atoms with van der Waals surface area (Å²) in [6, 6.07) is 3.76. The molecule has 4 heteroatoms. The number of aromatic nitrogens is 2. The number of fused-ring (bicyclic) bond motifs is 1. The van der Waals surface area contributed by atoms with Gasteiger partial charge in [0.25, 0.3) is 0 Å². The Balaban J connectivity index is 2.91. The van der Waals surface area contributed by atoms with E-state index in [-0.39, 0.29) is 0 Å². The Labute approximate surface area is 83.2 Å². The molecule has 0 saturated carbocycles. The van der Waals surface area contributed by atoms with Gasteiger partial charge in [-0.2, -0.15) is 0 Å². The number of nitrogen functional groups attached to an aromatic ring is 1. The van der Waals surface area contributed by atoms with Gasteiger partial charge in [-0.3, -0.25) is 0 Å². The van der Waals surface area contributed by atoms with Crippen LogP contribution in [0.25, 0.3) is 10.9 Å². The SMILES string of the molecule is Nc1ccc2ncncc2c1I. The van der Waals surface area contributed by atoms with Crippen molar-refractivity contribution in [2.45, 2.75) is 0 Å². The Hall–Kier alpha value is -0.910. The zero-order valence-corrected chi connectivity index (χ0v) is 8.32. The van der Waals surface area contributed by atoms with Crippen molar-refractivity contribution in [3.63, 3.8) is 0 Å². The number of hydrogen-bond donors (Lipinski definition) is 1. The Morgan fingerprint density at radius 2 is 2.17 bits per heavy atom. The minimum absolute atomic E-state index is 0.776. The molecular formula is C8H6IN3. The molecule has 0 unspecified atom stereocenters. The maximum atomic E-state index is 5.72. The molecule has 0 aliphatic rings. The molecule has 0 aliphatic carbocycles. The Bertz CT molecular complexity index is 428. The van der Waals surface area contributed by atoms with E-state index in [1.807, 2.05) is 12.1 Å². The summed E-state index contributed by atoms with van der Waals surface area (Å²) in [5.74, 6) is 0. The van der Waals surface area contributed by atoms with Crippen molar-refractivity contribution in [3.8, 4) is 0 Å². The van der Waals surface area contributed by atoms with Gasteiger partial charge in [0.15, 0.2) is 0 Å². The first-order chi connectivity index (χ1) is 5.79. The van der Waals surface area contributed by atoms with Crippen LogP contribution in [0.15, 0.2) is 24.7 Å². The molecule has 0 aliphatic heterocycles. The van der Waals surface area contributed by atoms with Crippen molar-refractivity contribution >= 4 is 39.2 Å². The number of nitrogens with two attached hydrogens (primary N) is 1. The molecule has 2 rings (SSSR count). The fourth-order valence-electron chi connectivity index (χ4n) is 1.04. The van der Waals surface area contributed by atoms with Crippen LogP contribution < -0.4 is 5.73 Å². The minimum Gasteiger partial charge on any atom is -0.398 e. The van der Waals surface area contributed by atoms with Gasteiger partial charge in [0.2, 0.25) is 0 Å². The van der Waals surface area contributed by atoms with E-state index in [1.165, 1.54) is 6.33 Å². The third-order valence-electron chi connectivity index (χ3n) is 1.65. The summed E-state index contributed by atoms with van der Waals surface area (Å²) in [4.78, 5) is 8.06. The lowest BCUT2D eigenvalue weighted by Crippen LogP contribution is -1.91. The third-order valence-corrected chi connectivity index (χ3v) is 2.86. The van der Waals surface area contributed by atoms with Gasteiger partial charge in [0.05, 0.1) is 5.52 Å². The lowest BCUT2D eigenvalue weighted by Gasteiger charge is -2.01. The molecule has 1 aromatic carbocycles. The zero-order chi connectivity index (χ0) is 8.55. The average molecular weight is 271 g/mol. The van der Waals surface area contributed by atoms with Gasteiger partial charge in [0, 0.05) is 20.8 Å².